The van der Waals surface area contributed by atoms with Gasteiger partial charge in [-0.2, -0.15) is 0 Å². The minimum absolute atomic E-state index is 0.115. The van der Waals surface area contributed by atoms with E-state index in [1.807, 2.05) is 0 Å². The molecule has 0 N–H and O–H groups in total. The summed E-state index contributed by atoms with van der Waals surface area (Å²) in [6, 6.07) is 32.1. The first-order valence-corrected chi connectivity index (χ1v) is 21.5. The third kappa shape index (κ3) is 7.68. The number of hydrogen-bond acceptors (Lipinski definition) is 0. The fourth-order valence-electron chi connectivity index (χ4n) is 10.2. The lowest BCUT2D eigenvalue weighted by molar-refractivity contribution is 0.400. The van der Waals surface area contributed by atoms with Gasteiger partial charge in [-0.25, -0.2) is 0 Å². The molecule has 0 unspecified atom stereocenters. The molecule has 2 aliphatic carbocycles. The molecule has 0 heterocycles. The molecule has 51 heavy (non-hydrogen) atoms. The minimum Gasteiger partial charge on any atom is -0.0654 e. The Bertz CT molecular complexity index is 1690. The van der Waals surface area contributed by atoms with Crippen molar-refractivity contribution in [3.63, 3.8) is 0 Å². The van der Waals surface area contributed by atoms with Crippen LogP contribution in [0.5, 0.6) is 0 Å². The third-order valence-electron chi connectivity index (χ3n) is 12.9. The molecule has 0 aliphatic heterocycles. The van der Waals surface area contributed by atoms with Crippen molar-refractivity contribution < 1.29 is 0 Å². The second kappa shape index (κ2) is 17.6. The Balaban J connectivity index is 1.45. The van der Waals surface area contributed by atoms with Crippen molar-refractivity contribution in [2.24, 2.45) is 0 Å². The van der Waals surface area contributed by atoms with Crippen LogP contribution in [0.2, 0.25) is 0 Å². The van der Waals surface area contributed by atoms with Gasteiger partial charge in [-0.3, -0.25) is 0 Å². The van der Waals surface area contributed by atoms with E-state index in [1.54, 1.807) is 22.3 Å². The highest BCUT2D eigenvalue weighted by Crippen LogP contribution is 2.57. The van der Waals surface area contributed by atoms with Gasteiger partial charge in [0.05, 0.1) is 0 Å². The molecule has 4 aromatic rings. The van der Waals surface area contributed by atoms with Crippen molar-refractivity contribution in [3.05, 3.63) is 107 Å². The van der Waals surface area contributed by atoms with Crippen LogP contribution < -0.4 is 0 Å². The van der Waals surface area contributed by atoms with Crippen LogP contribution in [0.1, 0.15) is 184 Å². The van der Waals surface area contributed by atoms with Crippen LogP contribution in [-0.2, 0) is 10.8 Å². The van der Waals surface area contributed by atoms with Crippen LogP contribution in [0.4, 0.5) is 0 Å². The lowest BCUT2D eigenvalue weighted by Gasteiger charge is -2.34. The molecule has 0 saturated heterocycles. The molecule has 0 amide bonds. The van der Waals surface area contributed by atoms with Crippen LogP contribution in [0.15, 0.2) is 78.9 Å². The number of benzene rings is 4. The zero-order chi connectivity index (χ0) is 35.7. The van der Waals surface area contributed by atoms with Crippen molar-refractivity contribution >= 4 is 0 Å². The zero-order valence-corrected chi connectivity index (χ0v) is 33.1. The maximum atomic E-state index is 2.66. The maximum Gasteiger partial charge on any atom is 0.0215 e. The van der Waals surface area contributed by atoms with Gasteiger partial charge in [0.25, 0.3) is 0 Å². The Labute approximate surface area is 312 Å². The Morgan fingerprint density at radius 3 is 1.18 bits per heavy atom. The largest absolute Gasteiger partial charge is 0.0654 e. The SMILES string of the molecule is CCCCCCC1(CCCCCC)c2ccccc2-c2ccc(-c3ccc4c(c3)C(CCCCCC)(CCCCCC)c3cc(C)ccc3-4)cc21. The standard InChI is InChI=1S/C51H68/c1-6-10-14-20-32-50(33-21-15-11-7-2)46-25-19-18-24-42(46)44-30-27-40(37-48(44)50)41-28-31-45-43-29-26-39(5)36-47(43)51(49(45)38-41,34-22-16-12-8-3)35-23-17-13-9-4/h18-19,24-31,36-38H,6-17,20-23,32-35H2,1-5H3. The first-order chi connectivity index (χ1) is 25.0. The Hall–Kier alpha value is -3.12. The van der Waals surface area contributed by atoms with E-state index in [4.69, 9.17) is 0 Å². The van der Waals surface area contributed by atoms with Gasteiger partial charge < -0.3 is 0 Å². The van der Waals surface area contributed by atoms with Crippen LogP contribution in [0.3, 0.4) is 0 Å². The average Bonchev–Trinajstić information content (AvgIpc) is 3.58. The van der Waals surface area contributed by atoms with Crippen LogP contribution in [0, 0.1) is 6.92 Å². The second-order valence-corrected chi connectivity index (χ2v) is 16.5. The highest BCUT2D eigenvalue weighted by atomic mass is 14.5. The van der Waals surface area contributed by atoms with E-state index in [9.17, 15) is 0 Å². The summed E-state index contributed by atoms with van der Waals surface area (Å²) in [5.74, 6) is 0. The highest BCUT2D eigenvalue weighted by Gasteiger charge is 2.44. The molecule has 6 rings (SSSR count). The van der Waals surface area contributed by atoms with Crippen molar-refractivity contribution in [1.29, 1.82) is 0 Å². The second-order valence-electron chi connectivity index (χ2n) is 16.5. The lowest BCUT2D eigenvalue weighted by Crippen LogP contribution is -2.26. The van der Waals surface area contributed by atoms with Gasteiger partial charge in [-0.1, -0.05) is 203 Å². The normalized spacial score (nSPS) is 14.7. The van der Waals surface area contributed by atoms with E-state index < -0.39 is 0 Å². The van der Waals surface area contributed by atoms with Crippen LogP contribution in [0.25, 0.3) is 33.4 Å². The summed E-state index contributed by atoms with van der Waals surface area (Å²) in [6.45, 7) is 11.7. The highest BCUT2D eigenvalue weighted by molar-refractivity contribution is 5.87. The van der Waals surface area contributed by atoms with Crippen molar-refractivity contribution in [3.8, 4) is 33.4 Å². The van der Waals surface area contributed by atoms with Gasteiger partial charge in [0.2, 0.25) is 0 Å². The summed E-state index contributed by atoms with van der Waals surface area (Å²) in [5, 5.41) is 0. The predicted molar refractivity (Wildman–Crippen MR) is 224 cm³/mol. The maximum absolute atomic E-state index is 2.66. The number of aryl methyl sites for hydroxylation is 1. The van der Waals surface area contributed by atoms with E-state index in [2.05, 4.69) is 113 Å². The predicted octanol–water partition coefficient (Wildman–Crippen LogP) is 16.1. The van der Waals surface area contributed by atoms with E-state index in [0.29, 0.717) is 0 Å². The number of fused-ring (bicyclic) bond motifs is 6. The summed E-state index contributed by atoms with van der Waals surface area (Å²) in [6.07, 6.45) is 26.2. The van der Waals surface area contributed by atoms with Gasteiger partial charge in [0.15, 0.2) is 0 Å². The van der Waals surface area contributed by atoms with Crippen molar-refractivity contribution in [2.45, 2.75) is 174 Å². The molecule has 0 heteroatoms. The minimum atomic E-state index is 0.115. The van der Waals surface area contributed by atoms with E-state index in [1.165, 1.54) is 167 Å². The van der Waals surface area contributed by atoms with Gasteiger partial charge in [0.1, 0.15) is 0 Å². The summed E-state index contributed by atoms with van der Waals surface area (Å²) >= 11 is 0. The first kappa shape index (κ1) is 37.6. The number of unbranched alkanes of at least 4 members (excludes halogenated alkanes) is 12. The summed E-state index contributed by atoms with van der Waals surface area (Å²) in [4.78, 5) is 0. The molecular weight excluding hydrogens is 613 g/mol. The smallest absolute Gasteiger partial charge is 0.0215 e. The average molecular weight is 681 g/mol. The summed E-state index contributed by atoms with van der Waals surface area (Å²) < 4.78 is 0. The fourth-order valence-corrected chi connectivity index (χ4v) is 10.2. The Morgan fingerprint density at radius 2 is 0.725 bits per heavy atom. The topological polar surface area (TPSA) is 0 Å². The number of hydrogen-bond donors (Lipinski definition) is 0. The summed E-state index contributed by atoms with van der Waals surface area (Å²) in [5.41, 5.74) is 16.9. The molecule has 0 fully saturated rings. The van der Waals surface area contributed by atoms with Crippen molar-refractivity contribution in [2.75, 3.05) is 0 Å². The van der Waals surface area contributed by atoms with E-state index in [-0.39, 0.29) is 10.8 Å². The molecule has 4 aromatic carbocycles. The molecule has 0 bridgehead atoms. The quantitative estimate of drug-likeness (QED) is 0.0769. The Kier molecular flexibility index (Phi) is 13.0. The van der Waals surface area contributed by atoms with Crippen LogP contribution >= 0.6 is 0 Å². The lowest BCUT2D eigenvalue weighted by atomic mass is 9.69. The molecule has 0 spiro atoms. The number of rotatable bonds is 21. The molecule has 2 aliphatic rings. The van der Waals surface area contributed by atoms with Gasteiger partial charge in [0, 0.05) is 10.8 Å². The van der Waals surface area contributed by atoms with Crippen LogP contribution in [-0.4, -0.2) is 0 Å². The first-order valence-electron chi connectivity index (χ1n) is 21.5. The van der Waals surface area contributed by atoms with Crippen molar-refractivity contribution in [1.82, 2.24) is 0 Å². The molecule has 272 valence electrons. The molecule has 0 radical (unpaired) electrons. The van der Waals surface area contributed by atoms with Gasteiger partial charge >= 0.3 is 0 Å². The third-order valence-corrected chi connectivity index (χ3v) is 12.9. The fraction of sp³-hybridized carbons (Fsp3) is 0.529. The molecule has 0 aromatic heterocycles. The monoisotopic (exact) mass is 681 g/mol. The Morgan fingerprint density at radius 1 is 0.353 bits per heavy atom. The summed E-state index contributed by atoms with van der Waals surface area (Å²) in [7, 11) is 0. The van der Waals surface area contributed by atoms with Gasteiger partial charge in [-0.15, -0.1) is 0 Å². The molecule has 0 atom stereocenters. The van der Waals surface area contributed by atoms with Gasteiger partial charge in [-0.05, 0) is 100 Å². The van der Waals surface area contributed by atoms with E-state index in [0.717, 1.165) is 0 Å². The molecule has 0 saturated carbocycles. The molecular formula is C51H68. The zero-order valence-electron chi connectivity index (χ0n) is 33.1. The van der Waals surface area contributed by atoms with E-state index >= 15 is 0 Å². The molecule has 0 nitrogen and oxygen atoms in total.